The first kappa shape index (κ1) is 16.2. The van der Waals surface area contributed by atoms with Gasteiger partial charge in [0.25, 0.3) is 0 Å². The van der Waals surface area contributed by atoms with Crippen molar-refractivity contribution in [2.45, 2.75) is 11.4 Å². The third-order valence-electron chi connectivity index (χ3n) is 2.63. The smallest absolute Gasteiger partial charge is 0.207 e. The lowest BCUT2D eigenvalue weighted by molar-refractivity contribution is 0.543. The topological polar surface area (TPSA) is 46.2 Å². The van der Waals surface area contributed by atoms with E-state index in [4.69, 9.17) is 23.2 Å². The van der Waals surface area contributed by atoms with E-state index >= 15 is 0 Å². The molecule has 2 aromatic rings. The molecular weight excluding hydrogens is 343 g/mol. The van der Waals surface area contributed by atoms with Crippen molar-refractivity contribution in [3.63, 3.8) is 0 Å². The number of benzene rings is 2. The Morgan fingerprint density at radius 3 is 2.33 bits per heavy atom. The second-order valence-electron chi connectivity index (χ2n) is 4.15. The summed E-state index contributed by atoms with van der Waals surface area (Å²) >= 11 is 11.6. The maximum absolute atomic E-state index is 13.5. The van der Waals surface area contributed by atoms with Crippen LogP contribution in [0, 0.1) is 11.6 Å². The number of rotatable bonds is 4. The van der Waals surface area contributed by atoms with Crippen molar-refractivity contribution in [3.8, 4) is 0 Å². The van der Waals surface area contributed by atoms with E-state index in [-0.39, 0.29) is 11.6 Å². The van der Waals surface area contributed by atoms with Crippen molar-refractivity contribution in [1.29, 1.82) is 0 Å². The molecule has 2 rings (SSSR count). The van der Waals surface area contributed by atoms with Crippen LogP contribution in [0.2, 0.25) is 10.0 Å². The minimum atomic E-state index is -4.10. The van der Waals surface area contributed by atoms with Crippen LogP contribution in [-0.2, 0) is 16.6 Å². The van der Waals surface area contributed by atoms with Gasteiger partial charge in [-0.05, 0) is 29.8 Å². The number of halogens is 4. The SMILES string of the molecule is O=S(=O)(NCc1ccc(Cl)c(Cl)c1)c1ccc(F)cc1F. The quantitative estimate of drug-likeness (QED) is 0.911. The maximum Gasteiger partial charge on any atom is 0.243 e. The summed E-state index contributed by atoms with van der Waals surface area (Å²) in [5.41, 5.74) is 0.551. The van der Waals surface area contributed by atoms with Gasteiger partial charge in [0.1, 0.15) is 16.5 Å². The van der Waals surface area contributed by atoms with E-state index in [1.165, 1.54) is 12.1 Å². The van der Waals surface area contributed by atoms with Crippen molar-refractivity contribution >= 4 is 33.2 Å². The van der Waals surface area contributed by atoms with Crippen LogP contribution in [0.3, 0.4) is 0 Å². The van der Waals surface area contributed by atoms with Crippen molar-refractivity contribution in [1.82, 2.24) is 4.72 Å². The molecule has 0 heterocycles. The second kappa shape index (κ2) is 6.27. The fraction of sp³-hybridized carbons (Fsp3) is 0.0769. The first-order valence-corrected chi connectivity index (χ1v) is 7.92. The summed E-state index contributed by atoms with van der Waals surface area (Å²) in [5, 5.41) is 0.620. The molecule has 0 aliphatic rings. The molecule has 0 bridgehead atoms. The predicted molar refractivity (Wildman–Crippen MR) is 76.8 cm³/mol. The molecule has 0 amide bonds. The van der Waals surface area contributed by atoms with Crippen molar-refractivity contribution in [3.05, 3.63) is 63.6 Å². The summed E-state index contributed by atoms with van der Waals surface area (Å²) < 4.78 is 52.4. The lowest BCUT2D eigenvalue weighted by atomic mass is 10.2. The van der Waals surface area contributed by atoms with E-state index in [1.54, 1.807) is 6.07 Å². The van der Waals surface area contributed by atoms with Gasteiger partial charge in [0.2, 0.25) is 10.0 Å². The Hall–Kier alpha value is -1.21. The van der Waals surface area contributed by atoms with Crippen molar-refractivity contribution < 1.29 is 17.2 Å². The summed E-state index contributed by atoms with van der Waals surface area (Å²) in [4.78, 5) is -0.621. The molecule has 0 fully saturated rings. The summed E-state index contributed by atoms with van der Waals surface area (Å²) in [6.45, 7) is -0.101. The zero-order valence-electron chi connectivity index (χ0n) is 10.4. The summed E-state index contributed by atoms with van der Waals surface area (Å²) in [5.74, 6) is -2.01. The van der Waals surface area contributed by atoms with Gasteiger partial charge in [0.05, 0.1) is 10.0 Å². The van der Waals surface area contributed by atoms with Crippen LogP contribution in [0.15, 0.2) is 41.3 Å². The Bertz CT molecular complexity index is 782. The van der Waals surface area contributed by atoms with Crippen LogP contribution in [0.25, 0.3) is 0 Å². The maximum atomic E-state index is 13.5. The van der Waals surface area contributed by atoms with Gasteiger partial charge in [-0.3, -0.25) is 0 Å². The first-order chi connectivity index (χ1) is 9.79. The molecule has 0 spiro atoms. The van der Waals surface area contributed by atoms with Crippen LogP contribution in [0.1, 0.15) is 5.56 Å². The van der Waals surface area contributed by atoms with E-state index in [1.807, 2.05) is 0 Å². The van der Waals surface area contributed by atoms with E-state index in [9.17, 15) is 17.2 Å². The molecule has 2 aromatic carbocycles. The Balaban J connectivity index is 2.19. The van der Waals surface area contributed by atoms with Crippen LogP contribution >= 0.6 is 23.2 Å². The number of nitrogens with one attached hydrogen (secondary N) is 1. The molecule has 0 unspecified atom stereocenters. The molecule has 21 heavy (non-hydrogen) atoms. The molecule has 112 valence electrons. The molecule has 0 aliphatic heterocycles. The zero-order chi connectivity index (χ0) is 15.6. The van der Waals surface area contributed by atoms with Gasteiger partial charge in [-0.25, -0.2) is 21.9 Å². The standard InChI is InChI=1S/C13H9Cl2F2NO2S/c14-10-3-1-8(5-11(10)15)7-18-21(19,20)13-4-2-9(16)6-12(13)17/h1-6,18H,7H2. The Labute approximate surface area is 130 Å². The normalized spacial score (nSPS) is 11.6. The highest BCUT2D eigenvalue weighted by molar-refractivity contribution is 7.89. The average Bonchev–Trinajstić information content (AvgIpc) is 2.40. The fourth-order valence-corrected chi connectivity index (χ4v) is 2.99. The van der Waals surface area contributed by atoms with Gasteiger partial charge >= 0.3 is 0 Å². The third-order valence-corrected chi connectivity index (χ3v) is 4.81. The highest BCUT2D eigenvalue weighted by Crippen LogP contribution is 2.23. The van der Waals surface area contributed by atoms with Crippen LogP contribution in [-0.4, -0.2) is 8.42 Å². The molecule has 0 saturated carbocycles. The van der Waals surface area contributed by atoms with E-state index in [0.717, 1.165) is 12.1 Å². The molecule has 1 N–H and O–H groups in total. The van der Waals surface area contributed by atoms with Crippen LogP contribution in [0.4, 0.5) is 8.78 Å². The summed E-state index contributed by atoms with van der Waals surface area (Å²) in [6.07, 6.45) is 0. The van der Waals surface area contributed by atoms with Gasteiger partial charge in [0, 0.05) is 12.6 Å². The molecule has 0 atom stereocenters. The lowest BCUT2D eigenvalue weighted by Crippen LogP contribution is -2.24. The number of hydrogen-bond donors (Lipinski definition) is 1. The molecular formula is C13H9Cl2F2NO2S. The molecule has 0 radical (unpaired) electrons. The fourth-order valence-electron chi connectivity index (χ4n) is 1.60. The second-order valence-corrected chi connectivity index (χ2v) is 6.70. The van der Waals surface area contributed by atoms with E-state index in [2.05, 4.69) is 4.72 Å². The minimum absolute atomic E-state index is 0.101. The summed E-state index contributed by atoms with van der Waals surface area (Å²) in [7, 11) is -4.10. The van der Waals surface area contributed by atoms with E-state index in [0.29, 0.717) is 16.7 Å². The van der Waals surface area contributed by atoms with E-state index < -0.39 is 26.6 Å². The van der Waals surface area contributed by atoms with Gasteiger partial charge in [-0.15, -0.1) is 0 Å². The highest BCUT2D eigenvalue weighted by Gasteiger charge is 2.19. The highest BCUT2D eigenvalue weighted by atomic mass is 35.5. The van der Waals surface area contributed by atoms with Gasteiger partial charge in [0.15, 0.2) is 0 Å². The minimum Gasteiger partial charge on any atom is -0.207 e. The number of sulfonamides is 1. The average molecular weight is 352 g/mol. The summed E-state index contributed by atoms with van der Waals surface area (Å²) in [6, 6.07) is 6.84. The molecule has 0 saturated heterocycles. The van der Waals surface area contributed by atoms with Gasteiger partial charge in [-0.2, -0.15) is 0 Å². The van der Waals surface area contributed by atoms with Crippen molar-refractivity contribution in [2.24, 2.45) is 0 Å². The van der Waals surface area contributed by atoms with Gasteiger partial charge < -0.3 is 0 Å². The molecule has 3 nitrogen and oxygen atoms in total. The first-order valence-electron chi connectivity index (χ1n) is 5.68. The Morgan fingerprint density at radius 1 is 1.00 bits per heavy atom. The van der Waals surface area contributed by atoms with Gasteiger partial charge in [-0.1, -0.05) is 29.3 Å². The van der Waals surface area contributed by atoms with Crippen molar-refractivity contribution in [2.75, 3.05) is 0 Å². The Morgan fingerprint density at radius 2 is 1.71 bits per heavy atom. The largest absolute Gasteiger partial charge is 0.243 e. The molecule has 0 aromatic heterocycles. The number of hydrogen-bond acceptors (Lipinski definition) is 2. The zero-order valence-corrected chi connectivity index (χ0v) is 12.7. The molecule has 8 heteroatoms. The van der Waals surface area contributed by atoms with Crippen LogP contribution in [0.5, 0.6) is 0 Å². The lowest BCUT2D eigenvalue weighted by Gasteiger charge is -2.08. The monoisotopic (exact) mass is 351 g/mol. The molecule has 0 aliphatic carbocycles. The third kappa shape index (κ3) is 3.91. The predicted octanol–water partition coefficient (Wildman–Crippen LogP) is 3.75. The van der Waals surface area contributed by atoms with Crippen LogP contribution < -0.4 is 4.72 Å². The Kier molecular flexibility index (Phi) is 4.83.